The molecule has 0 spiro atoms. The highest BCUT2D eigenvalue weighted by Crippen LogP contribution is 2.18. The number of hydrogen-bond donors (Lipinski definition) is 1. The summed E-state index contributed by atoms with van der Waals surface area (Å²) in [6.45, 7) is 6.29. The number of nitrogens with two attached hydrogens (primary N) is 1. The van der Waals surface area contributed by atoms with Crippen LogP contribution in [-0.4, -0.2) is 48.4 Å². The van der Waals surface area contributed by atoms with Crippen LogP contribution in [0.15, 0.2) is 18.2 Å². The van der Waals surface area contributed by atoms with Crippen molar-refractivity contribution in [1.82, 2.24) is 9.80 Å². The second-order valence-electron chi connectivity index (χ2n) is 4.83. The maximum Gasteiger partial charge on any atom is 0.256 e. The van der Waals surface area contributed by atoms with Gasteiger partial charge in [-0.25, -0.2) is 4.39 Å². The normalized spacial score (nSPS) is 16.6. The Morgan fingerprint density at radius 1 is 1.32 bits per heavy atom. The van der Waals surface area contributed by atoms with E-state index in [0.717, 1.165) is 26.1 Å². The van der Waals surface area contributed by atoms with Gasteiger partial charge in [0.05, 0.1) is 11.3 Å². The summed E-state index contributed by atoms with van der Waals surface area (Å²) >= 11 is 0. The summed E-state index contributed by atoms with van der Waals surface area (Å²) in [4.78, 5) is 16.4. The van der Waals surface area contributed by atoms with Crippen LogP contribution >= 0.6 is 0 Å². The number of halogens is 1. The number of amides is 1. The molecule has 0 radical (unpaired) electrons. The van der Waals surface area contributed by atoms with Crippen LogP contribution in [0.25, 0.3) is 0 Å². The molecule has 1 fully saturated rings. The van der Waals surface area contributed by atoms with Crippen LogP contribution in [0, 0.1) is 5.82 Å². The fraction of sp³-hybridized carbons (Fsp3) is 0.500. The highest BCUT2D eigenvalue weighted by atomic mass is 19.1. The van der Waals surface area contributed by atoms with Crippen molar-refractivity contribution in [2.75, 3.05) is 38.5 Å². The van der Waals surface area contributed by atoms with Gasteiger partial charge < -0.3 is 10.6 Å². The van der Waals surface area contributed by atoms with Crippen LogP contribution in [0.4, 0.5) is 10.1 Å². The zero-order valence-corrected chi connectivity index (χ0v) is 11.2. The maximum absolute atomic E-state index is 13.4. The summed E-state index contributed by atoms with van der Waals surface area (Å²) in [6.07, 6.45) is 1.12. The molecule has 2 N–H and O–H groups in total. The second-order valence-corrected chi connectivity index (χ2v) is 4.83. The van der Waals surface area contributed by atoms with Gasteiger partial charge in [-0.15, -0.1) is 0 Å². The quantitative estimate of drug-likeness (QED) is 0.844. The van der Waals surface area contributed by atoms with Crippen molar-refractivity contribution in [2.45, 2.75) is 13.3 Å². The molecule has 0 aromatic heterocycles. The van der Waals surface area contributed by atoms with E-state index in [1.54, 1.807) is 11.0 Å². The zero-order valence-electron chi connectivity index (χ0n) is 11.2. The van der Waals surface area contributed by atoms with Gasteiger partial charge in [-0.05, 0) is 25.1 Å². The Morgan fingerprint density at radius 3 is 2.63 bits per heavy atom. The summed E-state index contributed by atoms with van der Waals surface area (Å²) in [7, 11) is 0. The number of benzene rings is 1. The van der Waals surface area contributed by atoms with Crippen LogP contribution < -0.4 is 5.73 Å². The molecule has 19 heavy (non-hydrogen) atoms. The lowest BCUT2D eigenvalue weighted by atomic mass is 10.1. The molecule has 4 nitrogen and oxygen atoms in total. The topological polar surface area (TPSA) is 49.6 Å². The lowest BCUT2D eigenvalue weighted by Gasteiger charge is -2.34. The van der Waals surface area contributed by atoms with Gasteiger partial charge in [-0.3, -0.25) is 9.69 Å². The highest BCUT2D eigenvalue weighted by molar-refractivity contribution is 5.99. The smallest absolute Gasteiger partial charge is 0.256 e. The first kappa shape index (κ1) is 13.8. The number of anilines is 1. The first-order chi connectivity index (χ1) is 9.13. The van der Waals surface area contributed by atoms with Gasteiger partial charge in [0.15, 0.2) is 0 Å². The summed E-state index contributed by atoms with van der Waals surface area (Å²) < 4.78 is 13.4. The Hall–Kier alpha value is -1.62. The summed E-state index contributed by atoms with van der Waals surface area (Å²) in [5, 5.41) is 0. The molecule has 0 aliphatic carbocycles. The molecule has 1 aliphatic rings. The molecule has 1 aromatic carbocycles. The molecule has 104 valence electrons. The molecule has 1 heterocycles. The van der Waals surface area contributed by atoms with Gasteiger partial charge >= 0.3 is 0 Å². The Balaban J connectivity index is 2.03. The minimum absolute atomic E-state index is 0.0523. The SMILES string of the molecule is CCCN1CCN(C(=O)c2cccc(F)c2N)CC1. The van der Waals surface area contributed by atoms with E-state index in [1.807, 2.05) is 0 Å². The molecular weight excluding hydrogens is 245 g/mol. The fourth-order valence-electron chi connectivity index (χ4n) is 2.38. The second kappa shape index (κ2) is 6.02. The van der Waals surface area contributed by atoms with Gasteiger partial charge in [0.25, 0.3) is 5.91 Å². The molecular formula is C14H20FN3O. The van der Waals surface area contributed by atoms with Crippen molar-refractivity contribution < 1.29 is 9.18 Å². The van der Waals surface area contributed by atoms with Crippen molar-refractivity contribution in [2.24, 2.45) is 0 Å². The van der Waals surface area contributed by atoms with Crippen molar-refractivity contribution in [1.29, 1.82) is 0 Å². The van der Waals surface area contributed by atoms with Crippen molar-refractivity contribution >= 4 is 11.6 Å². The van der Waals surface area contributed by atoms with Crippen molar-refractivity contribution in [3.8, 4) is 0 Å². The molecule has 1 amide bonds. The molecule has 5 heteroatoms. The van der Waals surface area contributed by atoms with E-state index in [9.17, 15) is 9.18 Å². The number of nitrogens with zero attached hydrogens (tertiary/aromatic N) is 2. The van der Waals surface area contributed by atoms with E-state index in [0.29, 0.717) is 13.1 Å². The largest absolute Gasteiger partial charge is 0.396 e. The van der Waals surface area contributed by atoms with E-state index in [4.69, 9.17) is 5.73 Å². The molecule has 0 unspecified atom stereocenters. The molecule has 1 aliphatic heterocycles. The fourth-order valence-corrected chi connectivity index (χ4v) is 2.38. The number of piperazine rings is 1. The third-order valence-electron chi connectivity index (χ3n) is 3.48. The van der Waals surface area contributed by atoms with Gasteiger partial charge in [-0.2, -0.15) is 0 Å². The third kappa shape index (κ3) is 3.04. The summed E-state index contributed by atoms with van der Waals surface area (Å²) in [6, 6.07) is 4.37. The summed E-state index contributed by atoms with van der Waals surface area (Å²) in [5.41, 5.74) is 5.85. The highest BCUT2D eigenvalue weighted by Gasteiger charge is 2.23. The lowest BCUT2D eigenvalue weighted by molar-refractivity contribution is 0.0638. The number of carbonyl (C=O) groups is 1. The molecule has 0 saturated carbocycles. The van der Waals surface area contributed by atoms with Crippen molar-refractivity contribution in [3.05, 3.63) is 29.6 Å². The molecule has 2 rings (SSSR count). The standard InChI is InChI=1S/C14H20FN3O/c1-2-6-17-7-9-18(10-8-17)14(19)11-4-3-5-12(15)13(11)16/h3-5H,2,6-10,16H2,1H3. The predicted octanol–water partition coefficient (Wildman–Crippen LogP) is 1.58. The average molecular weight is 265 g/mol. The third-order valence-corrected chi connectivity index (χ3v) is 3.48. The van der Waals surface area contributed by atoms with Crippen molar-refractivity contribution in [3.63, 3.8) is 0 Å². The van der Waals surface area contributed by atoms with E-state index >= 15 is 0 Å². The Labute approximate surface area is 113 Å². The van der Waals surface area contributed by atoms with Gasteiger partial charge in [0, 0.05) is 26.2 Å². The van der Waals surface area contributed by atoms with E-state index in [1.165, 1.54) is 12.1 Å². The minimum Gasteiger partial charge on any atom is -0.396 e. The molecule has 0 bridgehead atoms. The van der Waals surface area contributed by atoms with Gasteiger partial charge in [-0.1, -0.05) is 13.0 Å². The number of hydrogen-bond acceptors (Lipinski definition) is 3. The number of para-hydroxylation sites is 1. The summed E-state index contributed by atoms with van der Waals surface area (Å²) in [5.74, 6) is -0.705. The lowest BCUT2D eigenvalue weighted by Crippen LogP contribution is -2.48. The van der Waals surface area contributed by atoms with Crippen LogP contribution in [0.5, 0.6) is 0 Å². The van der Waals surface area contributed by atoms with Crippen LogP contribution in [0.1, 0.15) is 23.7 Å². The van der Waals surface area contributed by atoms with Crippen LogP contribution in [0.2, 0.25) is 0 Å². The average Bonchev–Trinajstić information content (AvgIpc) is 2.42. The van der Waals surface area contributed by atoms with E-state index < -0.39 is 5.82 Å². The maximum atomic E-state index is 13.4. The number of nitrogen functional groups attached to an aromatic ring is 1. The molecule has 0 atom stereocenters. The van der Waals surface area contributed by atoms with Gasteiger partial charge in [0.2, 0.25) is 0 Å². The molecule has 1 saturated heterocycles. The van der Waals surface area contributed by atoms with E-state index in [-0.39, 0.29) is 17.2 Å². The Bertz CT molecular complexity index is 456. The number of carbonyl (C=O) groups excluding carboxylic acids is 1. The Kier molecular flexibility index (Phi) is 4.37. The zero-order chi connectivity index (χ0) is 13.8. The van der Waals surface area contributed by atoms with Crippen LogP contribution in [0.3, 0.4) is 0 Å². The minimum atomic E-state index is -0.532. The predicted molar refractivity (Wildman–Crippen MR) is 73.4 cm³/mol. The van der Waals surface area contributed by atoms with Gasteiger partial charge in [0.1, 0.15) is 5.82 Å². The first-order valence-corrected chi connectivity index (χ1v) is 6.69. The van der Waals surface area contributed by atoms with Crippen LogP contribution in [-0.2, 0) is 0 Å². The molecule has 1 aromatic rings. The monoisotopic (exact) mass is 265 g/mol. The first-order valence-electron chi connectivity index (χ1n) is 6.69. The number of rotatable bonds is 3. The Morgan fingerprint density at radius 2 is 2.00 bits per heavy atom. The van der Waals surface area contributed by atoms with E-state index in [2.05, 4.69) is 11.8 Å².